The van der Waals surface area contributed by atoms with Gasteiger partial charge in [-0.2, -0.15) is 0 Å². The molecule has 158 valence electrons. The lowest BCUT2D eigenvalue weighted by Crippen LogP contribution is -2.42. The highest BCUT2D eigenvalue weighted by atomic mass is 35.5. The minimum absolute atomic E-state index is 0. The normalized spacial score (nSPS) is 16.8. The molecular weight excluding hydrogens is 394 g/mol. The zero-order chi connectivity index (χ0) is 19.4. The molecule has 7 heteroatoms. The number of fused-ring (bicyclic) bond motifs is 1. The third-order valence-corrected chi connectivity index (χ3v) is 5.68. The van der Waals surface area contributed by atoms with E-state index in [1.807, 2.05) is 18.2 Å². The highest BCUT2D eigenvalue weighted by molar-refractivity contribution is 5.85. The van der Waals surface area contributed by atoms with Crippen molar-refractivity contribution in [3.8, 4) is 23.0 Å². The largest absolute Gasteiger partial charge is 0.493 e. The predicted molar refractivity (Wildman–Crippen MR) is 113 cm³/mol. The smallest absolute Gasteiger partial charge is 0.231 e. The van der Waals surface area contributed by atoms with E-state index in [2.05, 4.69) is 23.5 Å². The minimum Gasteiger partial charge on any atom is -0.493 e. The Labute approximate surface area is 177 Å². The fraction of sp³-hybridized carbons (Fsp3) is 0.455. The van der Waals surface area contributed by atoms with Crippen molar-refractivity contribution in [2.24, 2.45) is 0 Å². The van der Waals surface area contributed by atoms with Crippen LogP contribution in [0.25, 0.3) is 0 Å². The molecule has 2 heterocycles. The summed E-state index contributed by atoms with van der Waals surface area (Å²) in [7, 11) is 3.34. The van der Waals surface area contributed by atoms with Crippen LogP contribution in [0.1, 0.15) is 24.0 Å². The van der Waals surface area contributed by atoms with Crippen LogP contribution in [0.2, 0.25) is 0 Å². The number of methoxy groups -OCH3 is 2. The van der Waals surface area contributed by atoms with Gasteiger partial charge in [-0.25, -0.2) is 0 Å². The predicted octanol–water partition coefficient (Wildman–Crippen LogP) is 3.69. The number of benzene rings is 2. The third-order valence-electron chi connectivity index (χ3n) is 5.68. The lowest BCUT2D eigenvalue weighted by atomic mass is 9.74. The first-order valence-electron chi connectivity index (χ1n) is 9.64. The summed E-state index contributed by atoms with van der Waals surface area (Å²) in [5.74, 6) is 3.15. The van der Waals surface area contributed by atoms with Gasteiger partial charge in [0.2, 0.25) is 6.79 Å². The molecule has 0 saturated carbocycles. The Bertz CT molecular complexity index is 823. The van der Waals surface area contributed by atoms with Crippen LogP contribution < -0.4 is 24.3 Å². The summed E-state index contributed by atoms with van der Waals surface area (Å²) in [6.45, 7) is 3.46. The van der Waals surface area contributed by atoms with Gasteiger partial charge in [0, 0.05) is 31.7 Å². The SMILES string of the molecule is COc1ccc(C2(CNCc3ccc4c(c3)OCO4)CCOCC2)cc1OC.Cl. The van der Waals surface area contributed by atoms with Crippen molar-refractivity contribution >= 4 is 12.4 Å². The molecule has 1 fully saturated rings. The maximum atomic E-state index is 5.65. The monoisotopic (exact) mass is 421 g/mol. The van der Waals surface area contributed by atoms with Crippen molar-refractivity contribution in [1.29, 1.82) is 0 Å². The standard InChI is InChI=1S/C22H27NO5.ClH/c1-24-18-6-4-17(12-20(18)25-2)22(7-9-26-10-8-22)14-23-13-16-3-5-19-21(11-16)28-15-27-19;/h3-6,11-12,23H,7-10,13-15H2,1-2H3;1H. The molecule has 0 amide bonds. The van der Waals surface area contributed by atoms with Gasteiger partial charge >= 0.3 is 0 Å². The van der Waals surface area contributed by atoms with Crippen LogP contribution in [-0.4, -0.2) is 40.8 Å². The van der Waals surface area contributed by atoms with Gasteiger partial charge in [-0.15, -0.1) is 12.4 Å². The Balaban J connectivity index is 0.00000240. The number of halogens is 1. The summed E-state index contributed by atoms with van der Waals surface area (Å²) >= 11 is 0. The van der Waals surface area contributed by atoms with Gasteiger partial charge in [0.1, 0.15) is 0 Å². The number of hydrogen-bond acceptors (Lipinski definition) is 6. The molecule has 6 nitrogen and oxygen atoms in total. The molecule has 4 rings (SSSR count). The van der Waals surface area contributed by atoms with Crippen molar-refractivity contribution in [2.75, 3.05) is 40.8 Å². The van der Waals surface area contributed by atoms with Gasteiger partial charge in [-0.1, -0.05) is 12.1 Å². The zero-order valence-corrected chi connectivity index (χ0v) is 17.7. The van der Waals surface area contributed by atoms with Crippen LogP contribution in [0.5, 0.6) is 23.0 Å². The van der Waals surface area contributed by atoms with E-state index in [1.54, 1.807) is 14.2 Å². The van der Waals surface area contributed by atoms with E-state index in [-0.39, 0.29) is 17.8 Å². The Morgan fingerprint density at radius 2 is 1.69 bits per heavy atom. The maximum Gasteiger partial charge on any atom is 0.231 e. The number of rotatable bonds is 7. The number of ether oxygens (including phenoxy) is 5. The molecule has 0 atom stereocenters. The number of hydrogen-bond donors (Lipinski definition) is 1. The first kappa shape index (κ1) is 21.6. The van der Waals surface area contributed by atoms with E-state index in [0.717, 1.165) is 62.1 Å². The second-order valence-corrected chi connectivity index (χ2v) is 7.25. The summed E-state index contributed by atoms with van der Waals surface area (Å²) in [5, 5.41) is 3.64. The number of nitrogens with one attached hydrogen (secondary N) is 1. The van der Waals surface area contributed by atoms with E-state index in [9.17, 15) is 0 Å². The zero-order valence-electron chi connectivity index (χ0n) is 16.9. The van der Waals surface area contributed by atoms with Crippen LogP contribution in [-0.2, 0) is 16.7 Å². The van der Waals surface area contributed by atoms with Gasteiger partial charge in [-0.05, 0) is 48.2 Å². The van der Waals surface area contributed by atoms with E-state index in [1.165, 1.54) is 11.1 Å². The lowest BCUT2D eigenvalue weighted by molar-refractivity contribution is 0.0497. The molecule has 1 N–H and O–H groups in total. The third kappa shape index (κ3) is 4.55. The summed E-state index contributed by atoms with van der Waals surface area (Å²) < 4.78 is 27.4. The molecule has 2 aliphatic rings. The van der Waals surface area contributed by atoms with E-state index in [0.29, 0.717) is 6.79 Å². The molecule has 0 bridgehead atoms. The molecular formula is C22H28ClNO5. The van der Waals surface area contributed by atoms with Gasteiger partial charge < -0.3 is 29.0 Å². The second kappa shape index (κ2) is 9.57. The van der Waals surface area contributed by atoms with E-state index >= 15 is 0 Å². The topological polar surface area (TPSA) is 58.2 Å². The van der Waals surface area contributed by atoms with Crippen LogP contribution in [0, 0.1) is 0 Å². The first-order chi connectivity index (χ1) is 13.7. The van der Waals surface area contributed by atoms with Crippen LogP contribution in [0.3, 0.4) is 0 Å². The maximum absolute atomic E-state index is 5.65. The van der Waals surface area contributed by atoms with Gasteiger partial charge in [-0.3, -0.25) is 0 Å². The molecule has 0 unspecified atom stereocenters. The molecule has 0 aromatic heterocycles. The molecule has 2 aromatic rings. The average Bonchev–Trinajstić information content (AvgIpc) is 3.22. The van der Waals surface area contributed by atoms with E-state index in [4.69, 9.17) is 23.7 Å². The highest BCUT2D eigenvalue weighted by Crippen LogP contribution is 2.39. The first-order valence-corrected chi connectivity index (χ1v) is 9.64. The van der Waals surface area contributed by atoms with Crippen molar-refractivity contribution in [3.05, 3.63) is 47.5 Å². The summed E-state index contributed by atoms with van der Waals surface area (Å²) in [4.78, 5) is 0. The Morgan fingerprint density at radius 1 is 0.931 bits per heavy atom. The van der Waals surface area contributed by atoms with Crippen LogP contribution in [0.4, 0.5) is 0 Å². The molecule has 0 aliphatic carbocycles. The second-order valence-electron chi connectivity index (χ2n) is 7.25. The summed E-state index contributed by atoms with van der Waals surface area (Å²) in [6.07, 6.45) is 1.94. The molecule has 29 heavy (non-hydrogen) atoms. The van der Waals surface area contributed by atoms with Crippen molar-refractivity contribution in [1.82, 2.24) is 5.32 Å². The minimum atomic E-state index is 0. The fourth-order valence-electron chi connectivity index (χ4n) is 3.99. The van der Waals surface area contributed by atoms with Gasteiger partial charge in [0.05, 0.1) is 14.2 Å². The quantitative estimate of drug-likeness (QED) is 0.735. The molecule has 2 aromatic carbocycles. The fourth-order valence-corrected chi connectivity index (χ4v) is 3.99. The molecule has 1 saturated heterocycles. The van der Waals surface area contributed by atoms with Gasteiger partial charge in [0.15, 0.2) is 23.0 Å². The molecule has 2 aliphatic heterocycles. The Morgan fingerprint density at radius 3 is 2.45 bits per heavy atom. The van der Waals surface area contributed by atoms with Crippen molar-refractivity contribution in [3.63, 3.8) is 0 Å². The summed E-state index contributed by atoms with van der Waals surface area (Å²) in [6, 6.07) is 12.3. The summed E-state index contributed by atoms with van der Waals surface area (Å²) in [5.41, 5.74) is 2.44. The van der Waals surface area contributed by atoms with E-state index < -0.39 is 0 Å². The Kier molecular flexibility index (Phi) is 7.11. The molecule has 0 radical (unpaired) electrons. The van der Waals surface area contributed by atoms with Crippen molar-refractivity contribution in [2.45, 2.75) is 24.8 Å². The average molecular weight is 422 g/mol. The highest BCUT2D eigenvalue weighted by Gasteiger charge is 2.35. The lowest BCUT2D eigenvalue weighted by Gasteiger charge is -2.38. The van der Waals surface area contributed by atoms with Crippen molar-refractivity contribution < 1.29 is 23.7 Å². The molecule has 0 spiro atoms. The Hall–Kier alpha value is -2.15. The van der Waals surface area contributed by atoms with Gasteiger partial charge in [0.25, 0.3) is 0 Å². The van der Waals surface area contributed by atoms with Crippen LogP contribution in [0.15, 0.2) is 36.4 Å². The van der Waals surface area contributed by atoms with Crippen LogP contribution >= 0.6 is 12.4 Å².